The highest BCUT2D eigenvalue weighted by Gasteiger charge is 2.42. The zero-order valence-electron chi connectivity index (χ0n) is 19.2. The van der Waals surface area contributed by atoms with Crippen LogP contribution in [0.25, 0.3) is 0 Å². The Morgan fingerprint density at radius 1 is 1.14 bits per heavy atom. The summed E-state index contributed by atoms with van der Waals surface area (Å²) in [6.07, 6.45) is 7.61. The number of carbonyl (C=O) groups is 1. The molecule has 3 atom stereocenters. The van der Waals surface area contributed by atoms with Gasteiger partial charge in [-0.3, -0.25) is 13.9 Å². The van der Waals surface area contributed by atoms with E-state index in [4.69, 9.17) is 9.26 Å². The van der Waals surface area contributed by atoms with Gasteiger partial charge >= 0.3 is 0 Å². The molecule has 1 amide bonds. The molecule has 0 aromatic carbocycles. The minimum absolute atomic E-state index is 0.103. The second kappa shape index (κ2) is 13.7. The SMILES string of the molecule is CCCCCCCCCC(=O)NC(CC(C)OCC)(C[N+](C)(C)C)OP(=O)([O-])O. The van der Waals surface area contributed by atoms with Crippen molar-refractivity contribution in [2.24, 2.45) is 0 Å². The zero-order valence-corrected chi connectivity index (χ0v) is 20.1. The average molecular weight is 439 g/mol. The summed E-state index contributed by atoms with van der Waals surface area (Å²) in [6.45, 7) is 6.39. The number of likely N-dealkylation sites (N-methyl/N-ethyl adjacent to an activating group) is 1. The van der Waals surface area contributed by atoms with E-state index in [-0.39, 0.29) is 31.4 Å². The molecule has 0 aliphatic carbocycles. The van der Waals surface area contributed by atoms with E-state index in [9.17, 15) is 19.1 Å². The second-order valence-electron chi connectivity index (χ2n) is 8.89. The molecule has 29 heavy (non-hydrogen) atoms. The summed E-state index contributed by atoms with van der Waals surface area (Å²) in [5.74, 6) is -0.288. The first kappa shape index (κ1) is 28.5. The first-order valence-electron chi connectivity index (χ1n) is 10.8. The lowest BCUT2D eigenvalue weighted by Gasteiger charge is -2.42. The minimum Gasteiger partial charge on any atom is -0.756 e. The monoisotopic (exact) mass is 438 g/mol. The zero-order chi connectivity index (χ0) is 22.6. The van der Waals surface area contributed by atoms with E-state index in [0.717, 1.165) is 19.3 Å². The molecule has 0 fully saturated rings. The fraction of sp³-hybridized carbons (Fsp3) is 0.950. The summed E-state index contributed by atoms with van der Waals surface area (Å²) < 4.78 is 22.6. The number of phosphoric ester groups is 1. The summed E-state index contributed by atoms with van der Waals surface area (Å²) in [6, 6.07) is 0. The first-order valence-corrected chi connectivity index (χ1v) is 12.3. The lowest BCUT2D eigenvalue weighted by molar-refractivity contribution is -0.877. The molecule has 0 aliphatic rings. The Balaban J connectivity index is 5.09. The molecule has 0 rings (SSSR count). The quantitative estimate of drug-likeness (QED) is 0.156. The first-order chi connectivity index (χ1) is 13.3. The molecular formula is C20H43N2O6P. The Bertz CT molecular complexity index is 506. The fourth-order valence-corrected chi connectivity index (χ4v) is 4.22. The van der Waals surface area contributed by atoms with Crippen LogP contribution in [0.3, 0.4) is 0 Å². The predicted octanol–water partition coefficient (Wildman–Crippen LogP) is 2.94. The molecule has 174 valence electrons. The lowest BCUT2D eigenvalue weighted by Crippen LogP contribution is -2.61. The van der Waals surface area contributed by atoms with Crippen LogP contribution in [0.15, 0.2) is 0 Å². The molecule has 0 radical (unpaired) electrons. The van der Waals surface area contributed by atoms with E-state index in [1.165, 1.54) is 25.7 Å². The van der Waals surface area contributed by atoms with Crippen molar-refractivity contribution in [2.45, 2.75) is 90.4 Å². The molecule has 0 heterocycles. The molecule has 0 spiro atoms. The number of unbranched alkanes of at least 4 members (excludes halogenated alkanes) is 6. The van der Waals surface area contributed by atoms with Crippen LogP contribution >= 0.6 is 7.82 Å². The predicted molar refractivity (Wildman–Crippen MR) is 113 cm³/mol. The van der Waals surface area contributed by atoms with Gasteiger partial charge in [-0.25, -0.2) is 0 Å². The molecule has 0 saturated carbocycles. The Morgan fingerprint density at radius 3 is 2.17 bits per heavy atom. The van der Waals surface area contributed by atoms with Crippen molar-refractivity contribution in [1.82, 2.24) is 5.32 Å². The molecule has 0 aliphatic heterocycles. The average Bonchev–Trinajstić information content (AvgIpc) is 2.50. The molecule has 9 heteroatoms. The van der Waals surface area contributed by atoms with Gasteiger partial charge in [-0.05, 0) is 20.3 Å². The van der Waals surface area contributed by atoms with E-state index in [1.54, 1.807) is 6.92 Å². The van der Waals surface area contributed by atoms with E-state index >= 15 is 0 Å². The van der Waals surface area contributed by atoms with Crippen molar-refractivity contribution >= 4 is 13.7 Å². The molecule has 8 nitrogen and oxygen atoms in total. The molecule has 0 bridgehead atoms. The molecule has 3 unspecified atom stereocenters. The third-order valence-corrected chi connectivity index (χ3v) is 5.04. The Labute approximate surface area is 177 Å². The van der Waals surface area contributed by atoms with Crippen LogP contribution in [-0.2, 0) is 18.6 Å². The summed E-state index contributed by atoms with van der Waals surface area (Å²) in [4.78, 5) is 33.6. The highest BCUT2D eigenvalue weighted by atomic mass is 31.2. The van der Waals surface area contributed by atoms with Crippen LogP contribution < -0.4 is 10.2 Å². The Hall–Kier alpha value is -0.500. The van der Waals surface area contributed by atoms with Crippen LogP contribution in [-0.4, -0.2) is 61.4 Å². The highest BCUT2D eigenvalue weighted by Crippen LogP contribution is 2.39. The number of ether oxygens (including phenoxy) is 1. The summed E-state index contributed by atoms with van der Waals surface area (Å²) >= 11 is 0. The van der Waals surface area contributed by atoms with Gasteiger partial charge in [-0.15, -0.1) is 0 Å². The largest absolute Gasteiger partial charge is 0.756 e. The van der Waals surface area contributed by atoms with Gasteiger partial charge in [0.1, 0.15) is 6.54 Å². The molecule has 0 aromatic rings. The Kier molecular flexibility index (Phi) is 13.5. The van der Waals surface area contributed by atoms with Gasteiger partial charge in [0.05, 0.1) is 27.2 Å². The topological polar surface area (TPSA) is 108 Å². The number of phosphoric acid groups is 1. The van der Waals surface area contributed by atoms with Crippen molar-refractivity contribution in [2.75, 3.05) is 34.3 Å². The molecule has 2 N–H and O–H groups in total. The number of carbonyl (C=O) groups excluding carboxylic acids is 1. The number of nitrogens with one attached hydrogen (secondary N) is 1. The lowest BCUT2D eigenvalue weighted by atomic mass is 10.0. The van der Waals surface area contributed by atoms with Gasteiger partial charge in [-0.1, -0.05) is 45.4 Å². The van der Waals surface area contributed by atoms with Gasteiger partial charge in [0.25, 0.3) is 7.82 Å². The second-order valence-corrected chi connectivity index (χ2v) is 10.0. The number of amides is 1. The molecule has 0 aromatic heterocycles. The number of rotatable bonds is 17. The molecular weight excluding hydrogens is 395 g/mol. The maximum absolute atomic E-state index is 12.6. The maximum Gasteiger partial charge on any atom is 0.267 e. The van der Waals surface area contributed by atoms with Crippen LogP contribution in [0, 0.1) is 0 Å². The van der Waals surface area contributed by atoms with Crippen molar-refractivity contribution in [3.63, 3.8) is 0 Å². The summed E-state index contributed by atoms with van der Waals surface area (Å²) in [5, 5.41) is 2.76. The highest BCUT2D eigenvalue weighted by molar-refractivity contribution is 7.44. The summed E-state index contributed by atoms with van der Waals surface area (Å²) in [7, 11) is 0.498. The van der Waals surface area contributed by atoms with E-state index in [0.29, 0.717) is 11.1 Å². The van der Waals surface area contributed by atoms with Crippen LogP contribution in [0.1, 0.15) is 78.6 Å². The van der Waals surface area contributed by atoms with Crippen molar-refractivity contribution in [3.05, 3.63) is 0 Å². The maximum atomic E-state index is 12.6. The van der Waals surface area contributed by atoms with Crippen LogP contribution in [0.5, 0.6) is 0 Å². The third-order valence-electron chi connectivity index (χ3n) is 4.46. The van der Waals surface area contributed by atoms with Crippen molar-refractivity contribution in [1.29, 1.82) is 0 Å². The van der Waals surface area contributed by atoms with E-state index in [2.05, 4.69) is 12.2 Å². The van der Waals surface area contributed by atoms with Crippen molar-refractivity contribution < 1.29 is 32.9 Å². The number of quaternary nitrogens is 1. The number of nitrogens with zero attached hydrogens (tertiary/aromatic N) is 1. The van der Waals surface area contributed by atoms with Crippen LogP contribution in [0.4, 0.5) is 0 Å². The minimum atomic E-state index is -5.08. The van der Waals surface area contributed by atoms with Gasteiger partial charge in [-0.2, -0.15) is 0 Å². The normalized spacial score (nSPS) is 17.4. The fourth-order valence-electron chi connectivity index (χ4n) is 3.60. The van der Waals surface area contributed by atoms with Gasteiger partial charge < -0.3 is 24.3 Å². The van der Waals surface area contributed by atoms with Gasteiger partial charge in [0.15, 0.2) is 0 Å². The smallest absolute Gasteiger partial charge is 0.267 e. The van der Waals surface area contributed by atoms with E-state index in [1.807, 2.05) is 28.1 Å². The van der Waals surface area contributed by atoms with Crippen molar-refractivity contribution in [3.8, 4) is 0 Å². The Morgan fingerprint density at radius 2 is 1.69 bits per heavy atom. The van der Waals surface area contributed by atoms with E-state index < -0.39 is 13.5 Å². The third kappa shape index (κ3) is 15.9. The number of hydrogen-bond donors (Lipinski definition) is 2. The van der Waals surface area contributed by atoms with Gasteiger partial charge in [0.2, 0.25) is 11.6 Å². The molecule has 0 saturated heterocycles. The van der Waals surface area contributed by atoms with Crippen LogP contribution in [0.2, 0.25) is 0 Å². The van der Waals surface area contributed by atoms with Gasteiger partial charge in [0, 0.05) is 19.4 Å². The summed E-state index contributed by atoms with van der Waals surface area (Å²) in [5.41, 5.74) is -1.57. The standard InChI is InChI=1S/C20H43N2O6P/c1-7-9-10-11-12-13-14-15-19(23)21-20(17-22(4,5)6,28-29(24,25)26)16-18(3)27-8-2/h18H,7-17H2,1-6H3,(H2-,21,23,24,25,26). The number of hydrogen-bond acceptors (Lipinski definition) is 5.